The van der Waals surface area contributed by atoms with Crippen molar-refractivity contribution in [2.24, 2.45) is 0 Å². The van der Waals surface area contributed by atoms with Gasteiger partial charge in [-0.3, -0.25) is 4.79 Å². The van der Waals surface area contributed by atoms with Gasteiger partial charge in [0.1, 0.15) is 12.7 Å². The predicted octanol–water partition coefficient (Wildman–Crippen LogP) is 4.44. The lowest BCUT2D eigenvalue weighted by molar-refractivity contribution is 0.0943. The third-order valence-corrected chi connectivity index (χ3v) is 4.64. The van der Waals surface area contributed by atoms with E-state index in [0.717, 1.165) is 16.8 Å². The lowest BCUT2D eigenvalue weighted by Crippen LogP contribution is -2.29. The number of benzene rings is 3. The molecule has 1 N–H and O–H groups in total. The monoisotopic (exact) mass is 388 g/mol. The molecular formula is C22H17ClN4O. The van der Waals surface area contributed by atoms with Gasteiger partial charge < -0.3 is 5.32 Å². The zero-order valence-electron chi connectivity index (χ0n) is 14.9. The molecule has 0 saturated carbocycles. The van der Waals surface area contributed by atoms with Gasteiger partial charge in [0, 0.05) is 10.6 Å². The van der Waals surface area contributed by atoms with Crippen molar-refractivity contribution in [3.05, 3.63) is 113 Å². The maximum absolute atomic E-state index is 12.9. The van der Waals surface area contributed by atoms with Crippen LogP contribution in [0.2, 0.25) is 5.02 Å². The van der Waals surface area contributed by atoms with Gasteiger partial charge in [0.15, 0.2) is 0 Å². The van der Waals surface area contributed by atoms with Crippen LogP contribution in [0, 0.1) is 0 Å². The summed E-state index contributed by atoms with van der Waals surface area (Å²) in [7, 11) is 0. The molecule has 0 aliphatic rings. The van der Waals surface area contributed by atoms with Gasteiger partial charge in [-0.15, -0.1) is 0 Å². The molecule has 1 aromatic heterocycles. The van der Waals surface area contributed by atoms with Crippen LogP contribution in [0.5, 0.6) is 0 Å². The molecule has 0 saturated heterocycles. The molecule has 0 aliphatic carbocycles. The highest BCUT2D eigenvalue weighted by molar-refractivity contribution is 6.30. The second-order valence-corrected chi connectivity index (χ2v) is 6.70. The Morgan fingerprint density at radius 1 is 0.929 bits per heavy atom. The van der Waals surface area contributed by atoms with E-state index in [1.807, 2.05) is 66.7 Å². The van der Waals surface area contributed by atoms with Crippen LogP contribution in [-0.2, 0) is 0 Å². The van der Waals surface area contributed by atoms with Crippen molar-refractivity contribution in [2.45, 2.75) is 6.04 Å². The largest absolute Gasteiger partial charge is 0.341 e. The fourth-order valence-corrected chi connectivity index (χ4v) is 3.21. The number of carbonyl (C=O) groups excluding carboxylic acids is 1. The first-order chi connectivity index (χ1) is 13.7. The molecule has 0 fully saturated rings. The Hall–Kier alpha value is -3.44. The predicted molar refractivity (Wildman–Crippen MR) is 109 cm³/mol. The van der Waals surface area contributed by atoms with Crippen molar-refractivity contribution in [1.29, 1.82) is 0 Å². The molecule has 0 spiro atoms. The number of nitrogens with one attached hydrogen (secondary N) is 1. The van der Waals surface area contributed by atoms with E-state index in [1.165, 1.54) is 6.33 Å². The summed E-state index contributed by atoms with van der Waals surface area (Å²) in [6, 6.07) is 24.2. The van der Waals surface area contributed by atoms with Gasteiger partial charge in [0.25, 0.3) is 5.91 Å². The first-order valence-corrected chi connectivity index (χ1v) is 9.15. The Bertz CT molecular complexity index is 1060. The number of aromatic nitrogens is 3. The molecule has 5 nitrogen and oxygen atoms in total. The molecule has 138 valence electrons. The van der Waals surface area contributed by atoms with E-state index in [2.05, 4.69) is 15.4 Å². The van der Waals surface area contributed by atoms with Gasteiger partial charge in [-0.1, -0.05) is 54.1 Å². The van der Waals surface area contributed by atoms with Crippen molar-refractivity contribution in [3.8, 4) is 5.69 Å². The van der Waals surface area contributed by atoms with E-state index in [9.17, 15) is 4.79 Å². The molecule has 0 radical (unpaired) electrons. The number of amides is 1. The number of halogens is 1. The zero-order chi connectivity index (χ0) is 19.3. The first kappa shape index (κ1) is 17.9. The highest BCUT2D eigenvalue weighted by atomic mass is 35.5. The minimum Gasteiger partial charge on any atom is -0.341 e. The van der Waals surface area contributed by atoms with Crippen LogP contribution in [0.3, 0.4) is 0 Å². The number of rotatable bonds is 5. The Morgan fingerprint density at radius 2 is 1.68 bits per heavy atom. The van der Waals surface area contributed by atoms with Crippen LogP contribution in [0.15, 0.2) is 91.5 Å². The molecule has 4 rings (SSSR count). The van der Waals surface area contributed by atoms with Crippen LogP contribution in [0.25, 0.3) is 5.69 Å². The normalized spacial score (nSPS) is 11.8. The van der Waals surface area contributed by atoms with Gasteiger partial charge in [0.2, 0.25) is 0 Å². The average molecular weight is 389 g/mol. The summed E-state index contributed by atoms with van der Waals surface area (Å²) in [5, 5.41) is 7.83. The fraction of sp³-hybridized carbons (Fsp3) is 0.0455. The number of carbonyl (C=O) groups is 1. The van der Waals surface area contributed by atoms with E-state index in [1.54, 1.807) is 23.1 Å². The molecule has 1 amide bonds. The van der Waals surface area contributed by atoms with Gasteiger partial charge >= 0.3 is 0 Å². The molecule has 1 unspecified atom stereocenters. The Labute approximate surface area is 167 Å². The van der Waals surface area contributed by atoms with Crippen LogP contribution in [0.4, 0.5) is 0 Å². The molecule has 4 aromatic rings. The summed E-state index contributed by atoms with van der Waals surface area (Å²) in [5.74, 6) is -0.168. The second-order valence-electron chi connectivity index (χ2n) is 6.26. The topological polar surface area (TPSA) is 59.8 Å². The molecule has 1 atom stereocenters. The van der Waals surface area contributed by atoms with E-state index in [0.29, 0.717) is 10.6 Å². The van der Waals surface area contributed by atoms with E-state index in [4.69, 9.17) is 11.6 Å². The maximum atomic E-state index is 12.9. The van der Waals surface area contributed by atoms with E-state index >= 15 is 0 Å². The smallest absolute Gasteiger partial charge is 0.252 e. The lowest BCUT2D eigenvalue weighted by atomic mass is 9.98. The third kappa shape index (κ3) is 3.94. The van der Waals surface area contributed by atoms with Crippen molar-refractivity contribution < 1.29 is 4.79 Å². The molecular weight excluding hydrogens is 372 g/mol. The standard InChI is InChI=1S/C22H17ClN4O/c23-19-8-4-7-18(13-19)21(16-5-2-1-3-6-16)26-22(28)17-9-11-20(12-10-17)27-15-24-14-25-27/h1-15,21H,(H,26,28). The third-order valence-electron chi connectivity index (χ3n) is 4.40. The van der Waals surface area contributed by atoms with Crippen LogP contribution in [0.1, 0.15) is 27.5 Å². The summed E-state index contributed by atoms with van der Waals surface area (Å²) in [6.07, 6.45) is 3.08. The van der Waals surface area contributed by atoms with Crippen molar-refractivity contribution >= 4 is 17.5 Å². The van der Waals surface area contributed by atoms with Crippen molar-refractivity contribution in [1.82, 2.24) is 20.1 Å². The van der Waals surface area contributed by atoms with Crippen LogP contribution < -0.4 is 5.32 Å². The summed E-state index contributed by atoms with van der Waals surface area (Å²) in [5.41, 5.74) is 3.30. The lowest BCUT2D eigenvalue weighted by Gasteiger charge is -2.20. The van der Waals surface area contributed by atoms with Crippen molar-refractivity contribution in [2.75, 3.05) is 0 Å². The Kier molecular flexibility index (Phi) is 5.17. The molecule has 28 heavy (non-hydrogen) atoms. The van der Waals surface area contributed by atoms with Crippen molar-refractivity contribution in [3.63, 3.8) is 0 Å². The quantitative estimate of drug-likeness (QED) is 0.549. The first-order valence-electron chi connectivity index (χ1n) is 8.77. The molecule has 0 bridgehead atoms. The van der Waals surface area contributed by atoms with Crippen LogP contribution >= 0.6 is 11.6 Å². The average Bonchev–Trinajstić information content (AvgIpc) is 3.27. The Morgan fingerprint density at radius 3 is 2.36 bits per heavy atom. The van der Waals surface area contributed by atoms with Crippen LogP contribution in [-0.4, -0.2) is 20.7 Å². The van der Waals surface area contributed by atoms with E-state index < -0.39 is 0 Å². The van der Waals surface area contributed by atoms with Gasteiger partial charge in [-0.2, -0.15) is 5.10 Å². The Balaban J connectivity index is 1.60. The highest BCUT2D eigenvalue weighted by Gasteiger charge is 2.18. The molecule has 0 aliphatic heterocycles. The number of hydrogen-bond donors (Lipinski definition) is 1. The summed E-state index contributed by atoms with van der Waals surface area (Å²) in [6.45, 7) is 0. The van der Waals surface area contributed by atoms with Gasteiger partial charge in [-0.05, 0) is 47.5 Å². The summed E-state index contributed by atoms with van der Waals surface area (Å²) in [4.78, 5) is 16.8. The van der Waals surface area contributed by atoms with E-state index in [-0.39, 0.29) is 11.9 Å². The SMILES string of the molecule is O=C(NC(c1ccccc1)c1cccc(Cl)c1)c1ccc(-n2cncn2)cc1. The minimum absolute atomic E-state index is 0.168. The summed E-state index contributed by atoms with van der Waals surface area (Å²) >= 11 is 6.17. The second kappa shape index (κ2) is 8.06. The number of hydrogen-bond acceptors (Lipinski definition) is 3. The number of nitrogens with zero attached hydrogens (tertiary/aromatic N) is 3. The summed E-state index contributed by atoms with van der Waals surface area (Å²) < 4.78 is 1.64. The fourth-order valence-electron chi connectivity index (χ4n) is 3.01. The van der Waals surface area contributed by atoms with Gasteiger partial charge in [0.05, 0.1) is 11.7 Å². The molecule has 1 heterocycles. The highest BCUT2D eigenvalue weighted by Crippen LogP contribution is 2.25. The molecule has 6 heteroatoms. The molecule has 3 aromatic carbocycles. The zero-order valence-corrected chi connectivity index (χ0v) is 15.6. The maximum Gasteiger partial charge on any atom is 0.252 e. The van der Waals surface area contributed by atoms with Gasteiger partial charge in [-0.25, -0.2) is 9.67 Å². The minimum atomic E-state index is -0.303.